The Bertz CT molecular complexity index is 1650. The van der Waals surface area contributed by atoms with E-state index in [-0.39, 0.29) is 21.9 Å². The fourth-order valence-electron chi connectivity index (χ4n) is 5.69. The first-order valence-corrected chi connectivity index (χ1v) is 13.6. The number of ether oxygens (including phenoxy) is 1. The average Bonchev–Trinajstić information content (AvgIpc) is 3.48. The highest BCUT2D eigenvalue weighted by Gasteiger charge is 2.50. The van der Waals surface area contributed by atoms with Gasteiger partial charge in [-0.15, -0.1) is 0 Å². The SMILES string of the molecule is COc1ccccc1C(=O)NCC1(c2ccccc2)Cc2cnn3c2C(C1)c1nn(C)c(Cl)c1S3(=O)=O. The molecule has 0 bridgehead atoms. The molecular formula is C26H24ClN5O4S. The highest BCUT2D eigenvalue weighted by molar-refractivity contribution is 7.90. The first-order chi connectivity index (χ1) is 17.8. The lowest BCUT2D eigenvalue weighted by Crippen LogP contribution is -2.47. The Morgan fingerprint density at radius 3 is 2.68 bits per heavy atom. The highest BCUT2D eigenvalue weighted by Crippen LogP contribution is 2.51. The smallest absolute Gasteiger partial charge is 0.288 e. The summed E-state index contributed by atoms with van der Waals surface area (Å²) in [5.74, 6) is -0.125. The number of fused-ring (bicyclic) bond motifs is 2. The summed E-state index contributed by atoms with van der Waals surface area (Å²) in [4.78, 5) is 13.3. The first-order valence-electron chi connectivity index (χ1n) is 11.8. The maximum absolute atomic E-state index is 13.4. The number of aryl methyl sites for hydroxylation is 1. The van der Waals surface area contributed by atoms with Gasteiger partial charge in [0.1, 0.15) is 10.9 Å². The minimum Gasteiger partial charge on any atom is -0.496 e. The van der Waals surface area contributed by atoms with Crippen molar-refractivity contribution in [3.8, 4) is 5.75 Å². The Labute approximate surface area is 219 Å². The predicted molar refractivity (Wildman–Crippen MR) is 137 cm³/mol. The van der Waals surface area contributed by atoms with E-state index in [1.807, 2.05) is 36.4 Å². The Kier molecular flexibility index (Phi) is 5.43. The van der Waals surface area contributed by atoms with Crippen molar-refractivity contribution >= 4 is 27.5 Å². The normalized spacial score (nSPS) is 21.1. The molecule has 6 rings (SSSR count). The van der Waals surface area contributed by atoms with Gasteiger partial charge in [0.15, 0.2) is 4.90 Å². The van der Waals surface area contributed by atoms with Crippen molar-refractivity contribution in [1.82, 2.24) is 24.3 Å². The van der Waals surface area contributed by atoms with Crippen LogP contribution < -0.4 is 10.1 Å². The van der Waals surface area contributed by atoms with Crippen LogP contribution in [-0.4, -0.2) is 46.9 Å². The fraction of sp³-hybridized carbons (Fsp3) is 0.269. The quantitative estimate of drug-likeness (QED) is 0.418. The number of hydrogen-bond donors (Lipinski definition) is 1. The lowest BCUT2D eigenvalue weighted by atomic mass is 9.64. The number of para-hydroxylation sites is 1. The molecule has 1 N–H and O–H groups in total. The Morgan fingerprint density at radius 1 is 1.19 bits per heavy atom. The molecule has 190 valence electrons. The molecule has 2 aromatic heterocycles. The first kappa shape index (κ1) is 23.7. The summed E-state index contributed by atoms with van der Waals surface area (Å²) in [5.41, 5.74) is 2.77. The van der Waals surface area contributed by atoms with E-state index >= 15 is 0 Å². The Balaban J connectivity index is 1.46. The third kappa shape index (κ3) is 3.50. The number of benzene rings is 2. The lowest BCUT2D eigenvalue weighted by Gasteiger charge is -2.42. The van der Waals surface area contributed by atoms with Crippen LogP contribution in [0.5, 0.6) is 5.75 Å². The van der Waals surface area contributed by atoms with Crippen molar-refractivity contribution in [1.29, 1.82) is 0 Å². The van der Waals surface area contributed by atoms with Gasteiger partial charge in [0.25, 0.3) is 15.9 Å². The van der Waals surface area contributed by atoms with Gasteiger partial charge in [0.05, 0.1) is 30.3 Å². The van der Waals surface area contributed by atoms with Gasteiger partial charge in [-0.25, -0.2) is 0 Å². The van der Waals surface area contributed by atoms with Gasteiger partial charge in [0.2, 0.25) is 0 Å². The maximum Gasteiger partial charge on any atom is 0.288 e. The Hall–Kier alpha value is -3.63. The number of amides is 1. The van der Waals surface area contributed by atoms with Crippen molar-refractivity contribution in [3.63, 3.8) is 0 Å². The molecule has 9 nitrogen and oxygen atoms in total. The molecule has 1 amide bonds. The summed E-state index contributed by atoms with van der Waals surface area (Å²) >= 11 is 6.42. The van der Waals surface area contributed by atoms with Gasteiger partial charge in [-0.3, -0.25) is 9.48 Å². The second-order valence-corrected chi connectivity index (χ2v) is 11.6. The molecule has 1 aliphatic carbocycles. The second-order valence-electron chi connectivity index (χ2n) is 9.49. The monoisotopic (exact) mass is 537 g/mol. The van der Waals surface area contributed by atoms with E-state index in [4.69, 9.17) is 16.3 Å². The minimum atomic E-state index is -3.96. The lowest BCUT2D eigenvalue weighted by molar-refractivity contribution is 0.0936. The summed E-state index contributed by atoms with van der Waals surface area (Å²) < 4.78 is 34.6. The molecule has 4 aromatic rings. The summed E-state index contributed by atoms with van der Waals surface area (Å²) in [6.45, 7) is 0.317. The number of aromatic nitrogens is 4. The minimum absolute atomic E-state index is 0.00858. The van der Waals surface area contributed by atoms with Gasteiger partial charge >= 0.3 is 0 Å². The van der Waals surface area contributed by atoms with Gasteiger partial charge in [-0.2, -0.15) is 22.7 Å². The van der Waals surface area contributed by atoms with Gasteiger partial charge in [-0.05, 0) is 36.1 Å². The van der Waals surface area contributed by atoms with E-state index in [2.05, 4.69) is 15.5 Å². The van der Waals surface area contributed by atoms with Crippen LogP contribution in [0, 0.1) is 0 Å². The fourth-order valence-corrected chi connectivity index (χ4v) is 7.76. The van der Waals surface area contributed by atoms with E-state index in [1.54, 1.807) is 31.4 Å². The van der Waals surface area contributed by atoms with Crippen LogP contribution in [0.4, 0.5) is 0 Å². The van der Waals surface area contributed by atoms with Crippen LogP contribution in [0.1, 0.15) is 45.2 Å². The molecule has 2 atom stereocenters. The van der Waals surface area contributed by atoms with Crippen molar-refractivity contribution in [2.24, 2.45) is 7.05 Å². The standard InChI is InChI=1S/C26H24ClN5O4S/c1-31-24(27)23-21(30-31)19-13-26(17-8-4-3-5-9-17,12-16-14-29-32(22(16)19)37(23,34)35)15-28-25(33)18-10-6-7-11-20(18)36-2/h3-11,14,19H,12-13,15H2,1-2H3,(H,28,33). The molecule has 0 spiro atoms. The van der Waals surface area contributed by atoms with Crippen LogP contribution >= 0.6 is 11.6 Å². The predicted octanol–water partition coefficient (Wildman–Crippen LogP) is 3.28. The van der Waals surface area contributed by atoms with Crippen molar-refractivity contribution < 1.29 is 17.9 Å². The topological polar surface area (TPSA) is 108 Å². The number of nitrogens with zero attached hydrogens (tertiary/aromatic N) is 4. The van der Waals surface area contributed by atoms with Crippen molar-refractivity contribution in [2.75, 3.05) is 13.7 Å². The zero-order valence-corrected chi connectivity index (χ0v) is 21.8. The second kappa shape index (κ2) is 8.46. The van der Waals surface area contributed by atoms with Gasteiger partial charge in [0, 0.05) is 24.9 Å². The van der Waals surface area contributed by atoms with Gasteiger partial charge < -0.3 is 10.1 Å². The summed E-state index contributed by atoms with van der Waals surface area (Å²) in [6.07, 6.45) is 2.62. The number of hydrogen-bond acceptors (Lipinski definition) is 6. The molecule has 0 saturated heterocycles. The molecular weight excluding hydrogens is 514 g/mol. The molecule has 1 aliphatic heterocycles. The maximum atomic E-state index is 13.4. The summed E-state index contributed by atoms with van der Waals surface area (Å²) in [6, 6.07) is 17.0. The van der Waals surface area contributed by atoms with Crippen molar-refractivity contribution in [2.45, 2.75) is 29.1 Å². The molecule has 0 radical (unpaired) electrons. The number of carbonyl (C=O) groups excluding carboxylic acids is 1. The average molecular weight is 538 g/mol. The molecule has 0 saturated carbocycles. The Morgan fingerprint density at radius 2 is 1.92 bits per heavy atom. The molecule has 2 aliphatic rings. The van der Waals surface area contributed by atoms with Crippen LogP contribution in [0.25, 0.3) is 0 Å². The number of methoxy groups -OCH3 is 1. The van der Waals surface area contributed by atoms with Crippen LogP contribution in [0.2, 0.25) is 5.15 Å². The summed E-state index contributed by atoms with van der Waals surface area (Å²) in [7, 11) is -0.806. The van der Waals surface area contributed by atoms with Crippen molar-refractivity contribution in [3.05, 3.63) is 94.0 Å². The van der Waals surface area contributed by atoms with E-state index in [0.717, 1.165) is 15.2 Å². The zero-order chi connectivity index (χ0) is 25.9. The summed E-state index contributed by atoms with van der Waals surface area (Å²) in [5, 5.41) is 12.0. The number of rotatable bonds is 5. The molecule has 37 heavy (non-hydrogen) atoms. The van der Waals surface area contributed by atoms with E-state index in [1.165, 1.54) is 11.8 Å². The molecule has 0 fully saturated rings. The van der Waals surface area contributed by atoms with Gasteiger partial charge in [-0.1, -0.05) is 54.1 Å². The molecule has 3 heterocycles. The number of halogens is 1. The van der Waals surface area contributed by atoms with Crippen LogP contribution in [-0.2, 0) is 28.9 Å². The number of nitrogens with one attached hydrogen (secondary N) is 1. The molecule has 2 aromatic carbocycles. The van der Waals surface area contributed by atoms with Crippen LogP contribution in [0.3, 0.4) is 0 Å². The van der Waals surface area contributed by atoms with E-state index < -0.39 is 15.4 Å². The largest absolute Gasteiger partial charge is 0.496 e. The third-order valence-corrected chi connectivity index (χ3v) is 9.62. The van der Waals surface area contributed by atoms with E-state index in [0.29, 0.717) is 42.1 Å². The molecule has 11 heteroatoms. The third-order valence-electron chi connectivity index (χ3n) is 7.41. The highest BCUT2D eigenvalue weighted by atomic mass is 35.5. The van der Waals surface area contributed by atoms with Crippen LogP contribution in [0.15, 0.2) is 65.7 Å². The molecule has 2 unspecified atom stereocenters. The zero-order valence-electron chi connectivity index (χ0n) is 20.2. The number of carbonyl (C=O) groups is 1. The van der Waals surface area contributed by atoms with E-state index in [9.17, 15) is 13.2 Å².